The number of furan rings is 2. The number of para-hydroxylation sites is 1. The molecule has 0 unspecified atom stereocenters. The molecule has 4 rings (SSSR count). The van der Waals surface area contributed by atoms with Crippen LogP contribution < -0.4 is 10.6 Å². The van der Waals surface area contributed by atoms with E-state index >= 15 is 0 Å². The first-order chi connectivity index (χ1) is 15.6. The lowest BCUT2D eigenvalue weighted by atomic mass is 10.1. The van der Waals surface area contributed by atoms with Gasteiger partial charge in [-0.05, 0) is 36.4 Å². The number of aromatic nitrogens is 1. The molecule has 3 heterocycles. The summed E-state index contributed by atoms with van der Waals surface area (Å²) >= 11 is 0. The summed E-state index contributed by atoms with van der Waals surface area (Å²) in [5.41, 5.74) is 1.45. The highest BCUT2D eigenvalue weighted by atomic mass is 16.3. The van der Waals surface area contributed by atoms with Crippen LogP contribution in [0.5, 0.6) is 0 Å². The number of amides is 2. The van der Waals surface area contributed by atoms with Crippen molar-refractivity contribution in [3.63, 3.8) is 0 Å². The van der Waals surface area contributed by atoms with Gasteiger partial charge in [-0.25, -0.2) is 0 Å². The van der Waals surface area contributed by atoms with Crippen molar-refractivity contribution in [1.82, 2.24) is 15.2 Å². The van der Waals surface area contributed by atoms with Crippen molar-refractivity contribution in [2.45, 2.75) is 19.6 Å². The third-order valence-corrected chi connectivity index (χ3v) is 4.84. The van der Waals surface area contributed by atoms with Gasteiger partial charge in [0.05, 0.1) is 25.6 Å². The number of nitrogens with zero attached hydrogens (tertiary/aromatic N) is 2. The highest BCUT2D eigenvalue weighted by Gasteiger charge is 2.14. The Labute approximate surface area is 183 Å². The van der Waals surface area contributed by atoms with Crippen LogP contribution >= 0.6 is 0 Å². The molecule has 0 saturated carbocycles. The molecule has 0 bridgehead atoms. The highest BCUT2D eigenvalue weighted by molar-refractivity contribution is 6.04. The minimum Gasteiger partial charge on any atom is -0.467 e. The average Bonchev–Trinajstić information content (AvgIpc) is 3.57. The zero-order valence-corrected chi connectivity index (χ0v) is 17.1. The van der Waals surface area contributed by atoms with E-state index in [0.29, 0.717) is 23.6 Å². The van der Waals surface area contributed by atoms with Gasteiger partial charge in [-0.1, -0.05) is 18.2 Å². The number of hydrogen-bond acceptors (Lipinski definition) is 5. The van der Waals surface area contributed by atoms with Crippen molar-refractivity contribution in [2.75, 3.05) is 0 Å². The number of fused-ring (bicyclic) bond motifs is 1. The van der Waals surface area contributed by atoms with Crippen LogP contribution in [-0.2, 0) is 29.2 Å². The zero-order valence-electron chi connectivity index (χ0n) is 17.1. The maximum atomic E-state index is 12.5. The lowest BCUT2D eigenvalue weighted by Gasteiger charge is -2.06. The van der Waals surface area contributed by atoms with Gasteiger partial charge in [-0.2, -0.15) is 5.26 Å². The van der Waals surface area contributed by atoms with Gasteiger partial charge in [0.25, 0.3) is 5.91 Å². The number of nitrogens with one attached hydrogen (secondary N) is 2. The van der Waals surface area contributed by atoms with E-state index in [0.717, 1.165) is 10.9 Å². The van der Waals surface area contributed by atoms with E-state index in [4.69, 9.17) is 8.83 Å². The van der Waals surface area contributed by atoms with Crippen LogP contribution in [0, 0.1) is 11.3 Å². The molecule has 4 aromatic rings. The van der Waals surface area contributed by atoms with Gasteiger partial charge in [0, 0.05) is 22.7 Å². The fourth-order valence-electron chi connectivity index (χ4n) is 3.31. The van der Waals surface area contributed by atoms with Crippen molar-refractivity contribution in [3.8, 4) is 6.07 Å². The summed E-state index contributed by atoms with van der Waals surface area (Å²) in [6, 6.07) is 16.5. The van der Waals surface area contributed by atoms with E-state index in [1.165, 1.54) is 12.3 Å². The summed E-state index contributed by atoms with van der Waals surface area (Å²) in [6.07, 6.45) is 6.35. The summed E-state index contributed by atoms with van der Waals surface area (Å²) in [5.74, 6) is 0.567. The molecule has 0 fully saturated rings. The van der Waals surface area contributed by atoms with Crippen LogP contribution in [0.4, 0.5) is 0 Å². The molecule has 0 aliphatic carbocycles. The van der Waals surface area contributed by atoms with Crippen molar-refractivity contribution < 1.29 is 18.4 Å². The first-order valence-corrected chi connectivity index (χ1v) is 9.93. The average molecular weight is 428 g/mol. The van der Waals surface area contributed by atoms with Crippen LogP contribution in [0.15, 0.2) is 81.7 Å². The molecule has 1 aromatic carbocycles. The maximum Gasteiger partial charge on any atom is 0.262 e. The Balaban J connectivity index is 1.52. The first-order valence-electron chi connectivity index (χ1n) is 9.93. The van der Waals surface area contributed by atoms with Crippen LogP contribution in [0.3, 0.4) is 0 Å². The largest absolute Gasteiger partial charge is 0.467 e. The number of hydrogen-bond donors (Lipinski definition) is 2. The number of rotatable bonds is 8. The minimum atomic E-state index is -0.503. The molecule has 0 saturated heterocycles. The second kappa shape index (κ2) is 9.53. The smallest absolute Gasteiger partial charge is 0.262 e. The molecule has 0 spiro atoms. The molecule has 0 radical (unpaired) electrons. The SMILES string of the molecule is N#C/C(=C\c1cn(CC(=O)NCc2ccco2)c2ccccc12)C(=O)NCc1ccco1. The van der Waals surface area contributed by atoms with Gasteiger partial charge in [-0.15, -0.1) is 0 Å². The Morgan fingerprint density at radius 3 is 2.31 bits per heavy atom. The summed E-state index contributed by atoms with van der Waals surface area (Å²) in [5, 5.41) is 15.8. The second-order valence-corrected chi connectivity index (χ2v) is 7.02. The van der Waals surface area contributed by atoms with Crippen LogP contribution in [0.2, 0.25) is 0 Å². The van der Waals surface area contributed by atoms with Gasteiger partial charge < -0.3 is 24.0 Å². The van der Waals surface area contributed by atoms with E-state index in [9.17, 15) is 14.9 Å². The first kappa shape index (κ1) is 20.8. The fraction of sp³-hybridized carbons (Fsp3) is 0.125. The number of carbonyl (C=O) groups excluding carboxylic acids is 2. The van der Waals surface area contributed by atoms with Gasteiger partial charge in [0.1, 0.15) is 29.7 Å². The molecule has 2 amide bonds. The predicted octanol–water partition coefficient (Wildman–Crippen LogP) is 3.37. The lowest BCUT2D eigenvalue weighted by Crippen LogP contribution is -2.26. The van der Waals surface area contributed by atoms with Crippen molar-refractivity contribution in [2.24, 2.45) is 0 Å². The van der Waals surface area contributed by atoms with Crippen molar-refractivity contribution in [3.05, 3.63) is 89.9 Å². The van der Waals surface area contributed by atoms with E-state index < -0.39 is 5.91 Å². The topological polar surface area (TPSA) is 113 Å². The third-order valence-electron chi connectivity index (χ3n) is 4.84. The fourth-order valence-corrected chi connectivity index (χ4v) is 3.31. The van der Waals surface area contributed by atoms with E-state index in [1.807, 2.05) is 30.3 Å². The summed E-state index contributed by atoms with van der Waals surface area (Å²) in [7, 11) is 0. The van der Waals surface area contributed by atoms with E-state index in [2.05, 4.69) is 10.6 Å². The van der Waals surface area contributed by atoms with Gasteiger partial charge in [0.15, 0.2) is 0 Å². The van der Waals surface area contributed by atoms with E-state index in [1.54, 1.807) is 41.3 Å². The third kappa shape index (κ3) is 4.79. The summed E-state index contributed by atoms with van der Waals surface area (Å²) in [6.45, 7) is 0.566. The van der Waals surface area contributed by atoms with Crippen LogP contribution in [-0.4, -0.2) is 16.4 Å². The molecule has 3 aromatic heterocycles. The molecule has 32 heavy (non-hydrogen) atoms. The molecule has 8 nitrogen and oxygen atoms in total. The molecule has 2 N–H and O–H groups in total. The maximum absolute atomic E-state index is 12.5. The number of nitriles is 1. The minimum absolute atomic E-state index is 0.0401. The molecule has 0 atom stereocenters. The molecular weight excluding hydrogens is 408 g/mol. The standard InChI is InChI=1S/C24H20N4O4/c25-12-17(24(30)27-14-20-6-4-10-32-20)11-18-15-28(22-8-2-1-7-21(18)22)16-23(29)26-13-19-5-3-9-31-19/h1-11,15H,13-14,16H2,(H,26,29)(H,27,30)/b17-11+. The second-order valence-electron chi connectivity index (χ2n) is 7.02. The van der Waals surface area contributed by atoms with E-state index in [-0.39, 0.29) is 24.6 Å². The van der Waals surface area contributed by atoms with Gasteiger partial charge >= 0.3 is 0 Å². The Bertz CT molecular complexity index is 1290. The molecule has 160 valence electrons. The zero-order chi connectivity index (χ0) is 22.3. The van der Waals surface area contributed by atoms with Crippen LogP contribution in [0.1, 0.15) is 17.1 Å². The summed E-state index contributed by atoms with van der Waals surface area (Å²) in [4.78, 5) is 24.9. The van der Waals surface area contributed by atoms with Crippen molar-refractivity contribution in [1.29, 1.82) is 5.26 Å². The normalized spacial score (nSPS) is 11.3. The predicted molar refractivity (Wildman–Crippen MR) is 117 cm³/mol. The Kier molecular flexibility index (Phi) is 6.18. The number of benzene rings is 1. The molecule has 8 heteroatoms. The van der Waals surface area contributed by atoms with Crippen molar-refractivity contribution >= 4 is 28.8 Å². The molecule has 0 aliphatic rings. The van der Waals surface area contributed by atoms with Crippen LogP contribution in [0.25, 0.3) is 17.0 Å². The Morgan fingerprint density at radius 2 is 1.66 bits per heavy atom. The molecule has 0 aliphatic heterocycles. The van der Waals surface area contributed by atoms with Gasteiger partial charge in [0.2, 0.25) is 5.91 Å². The number of carbonyl (C=O) groups is 2. The molecular formula is C24H20N4O4. The Morgan fingerprint density at radius 1 is 0.969 bits per heavy atom. The Hall–Kier alpha value is -4.51. The monoisotopic (exact) mass is 428 g/mol. The highest BCUT2D eigenvalue weighted by Crippen LogP contribution is 2.23. The quantitative estimate of drug-likeness (QED) is 0.330. The summed E-state index contributed by atoms with van der Waals surface area (Å²) < 4.78 is 12.2. The lowest BCUT2D eigenvalue weighted by molar-refractivity contribution is -0.122. The van der Waals surface area contributed by atoms with Gasteiger partial charge in [-0.3, -0.25) is 9.59 Å².